The lowest BCUT2D eigenvalue weighted by molar-refractivity contribution is -0.116. The molecule has 0 spiro atoms. The highest BCUT2D eigenvalue weighted by Crippen LogP contribution is 2.39. The highest BCUT2D eigenvalue weighted by atomic mass is 32.2. The van der Waals surface area contributed by atoms with Gasteiger partial charge in [-0.2, -0.15) is 0 Å². The topological polar surface area (TPSA) is 75.3 Å². The minimum Gasteiger partial charge on any atom is -0.354 e. The number of sulfone groups is 1. The number of carbonyl (C=O) groups excluding carboxylic acids is 1. The summed E-state index contributed by atoms with van der Waals surface area (Å²) in [6.45, 7) is 0. The Balaban J connectivity index is 2.21. The van der Waals surface area contributed by atoms with E-state index in [1.807, 2.05) is 0 Å². The Morgan fingerprint density at radius 2 is 1.83 bits per heavy atom. The second-order valence-corrected chi connectivity index (χ2v) is 6.77. The summed E-state index contributed by atoms with van der Waals surface area (Å²) in [4.78, 5) is 11.8. The van der Waals surface area contributed by atoms with E-state index in [9.17, 15) is 17.6 Å². The van der Waals surface area contributed by atoms with Crippen LogP contribution >= 0.6 is 0 Å². The van der Waals surface area contributed by atoms with Crippen molar-refractivity contribution in [1.82, 2.24) is 5.32 Å². The molecule has 2 aromatic rings. The van der Waals surface area contributed by atoms with Crippen LogP contribution in [-0.4, -0.2) is 21.4 Å². The van der Waals surface area contributed by atoms with E-state index in [4.69, 9.17) is 0 Å². The van der Waals surface area contributed by atoms with Crippen molar-refractivity contribution in [2.24, 2.45) is 0 Å². The fourth-order valence-electron chi connectivity index (χ4n) is 2.46. The van der Waals surface area contributed by atoms with Crippen LogP contribution < -0.4 is 10.6 Å². The van der Waals surface area contributed by atoms with Crippen LogP contribution in [0.1, 0.15) is 5.56 Å². The molecular formula is C16H13FN2O3S. The monoisotopic (exact) mass is 332 g/mol. The number of halogens is 1. The molecule has 118 valence electrons. The van der Waals surface area contributed by atoms with Crippen LogP contribution in [0.3, 0.4) is 0 Å². The first-order chi connectivity index (χ1) is 10.9. The normalized spacial score (nSPS) is 15.2. The molecule has 3 rings (SSSR count). The maximum absolute atomic E-state index is 13.4. The lowest BCUT2D eigenvalue weighted by atomic mass is 10.1. The van der Waals surface area contributed by atoms with Gasteiger partial charge in [0, 0.05) is 18.3 Å². The first-order valence-corrected chi connectivity index (χ1v) is 8.27. The van der Waals surface area contributed by atoms with E-state index in [-0.39, 0.29) is 15.5 Å². The molecule has 0 saturated heterocycles. The Bertz CT molecular complexity index is 936. The van der Waals surface area contributed by atoms with Crippen molar-refractivity contribution in [3.05, 3.63) is 64.8 Å². The Labute approximate surface area is 132 Å². The van der Waals surface area contributed by atoms with Crippen molar-refractivity contribution < 1.29 is 17.6 Å². The summed E-state index contributed by atoms with van der Waals surface area (Å²) in [5.41, 5.74) is 0.884. The van der Waals surface area contributed by atoms with E-state index in [1.54, 1.807) is 24.3 Å². The van der Waals surface area contributed by atoms with Gasteiger partial charge >= 0.3 is 0 Å². The molecule has 0 aromatic heterocycles. The van der Waals surface area contributed by atoms with Crippen LogP contribution in [-0.2, 0) is 14.6 Å². The van der Waals surface area contributed by atoms with E-state index >= 15 is 0 Å². The Hall–Kier alpha value is -2.67. The summed E-state index contributed by atoms with van der Waals surface area (Å²) in [6.07, 6.45) is 0. The SMILES string of the molecule is CNC(=O)C1=C(Nc2cccc(F)c2)c2ccccc2S1(=O)=O. The van der Waals surface area contributed by atoms with E-state index < -0.39 is 21.6 Å². The highest BCUT2D eigenvalue weighted by molar-refractivity contribution is 7.97. The quantitative estimate of drug-likeness (QED) is 0.903. The van der Waals surface area contributed by atoms with Crippen molar-refractivity contribution in [3.8, 4) is 0 Å². The number of nitrogens with one attached hydrogen (secondary N) is 2. The van der Waals surface area contributed by atoms with Gasteiger partial charge in [-0.05, 0) is 24.3 Å². The molecule has 23 heavy (non-hydrogen) atoms. The standard InChI is InChI=1S/C16H13FN2O3S/c1-18-16(20)15-14(19-11-6-4-5-10(17)9-11)12-7-2-3-8-13(12)23(15,21)22/h2-9,19H,1H3,(H,18,20). The number of anilines is 1. The third kappa shape index (κ3) is 2.49. The van der Waals surface area contributed by atoms with Gasteiger partial charge in [-0.3, -0.25) is 4.79 Å². The number of fused-ring (bicyclic) bond motifs is 1. The first-order valence-electron chi connectivity index (χ1n) is 6.78. The Morgan fingerprint density at radius 3 is 2.52 bits per heavy atom. The van der Waals surface area contributed by atoms with Crippen molar-refractivity contribution in [2.75, 3.05) is 12.4 Å². The van der Waals surface area contributed by atoms with E-state index in [0.29, 0.717) is 11.3 Å². The molecule has 0 fully saturated rings. The number of carbonyl (C=O) groups is 1. The molecule has 2 aromatic carbocycles. The van der Waals surface area contributed by atoms with Crippen LogP contribution in [0.2, 0.25) is 0 Å². The predicted octanol–water partition coefficient (Wildman–Crippen LogP) is 2.14. The van der Waals surface area contributed by atoms with Crippen LogP contribution in [0.4, 0.5) is 10.1 Å². The van der Waals surface area contributed by atoms with E-state index in [2.05, 4.69) is 10.6 Å². The number of rotatable bonds is 3. The maximum Gasteiger partial charge on any atom is 0.265 e. The van der Waals surface area contributed by atoms with Gasteiger partial charge in [0.1, 0.15) is 5.82 Å². The molecule has 0 unspecified atom stereocenters. The fraction of sp³-hybridized carbons (Fsp3) is 0.0625. The van der Waals surface area contributed by atoms with Crippen molar-refractivity contribution in [3.63, 3.8) is 0 Å². The molecule has 1 amide bonds. The number of hydrogen-bond donors (Lipinski definition) is 2. The number of amides is 1. The van der Waals surface area contributed by atoms with Gasteiger partial charge in [-0.25, -0.2) is 12.8 Å². The molecular weight excluding hydrogens is 319 g/mol. The zero-order valence-corrected chi connectivity index (χ0v) is 12.9. The summed E-state index contributed by atoms with van der Waals surface area (Å²) < 4.78 is 38.6. The molecule has 0 radical (unpaired) electrons. The zero-order valence-electron chi connectivity index (χ0n) is 12.1. The van der Waals surface area contributed by atoms with Crippen LogP contribution in [0.15, 0.2) is 58.3 Å². The molecule has 1 heterocycles. The van der Waals surface area contributed by atoms with Crippen molar-refractivity contribution in [2.45, 2.75) is 4.90 Å². The summed E-state index contributed by atoms with van der Waals surface area (Å²) >= 11 is 0. The zero-order chi connectivity index (χ0) is 16.6. The number of hydrogen-bond acceptors (Lipinski definition) is 4. The molecule has 2 N–H and O–H groups in total. The third-order valence-electron chi connectivity index (χ3n) is 3.47. The first kappa shape index (κ1) is 15.2. The molecule has 5 nitrogen and oxygen atoms in total. The molecule has 1 aliphatic rings. The van der Waals surface area contributed by atoms with Gasteiger partial charge in [0.05, 0.1) is 10.6 Å². The second-order valence-electron chi connectivity index (χ2n) is 4.92. The molecule has 1 aliphatic heterocycles. The van der Waals surface area contributed by atoms with Crippen LogP contribution in [0, 0.1) is 5.82 Å². The van der Waals surface area contributed by atoms with Gasteiger partial charge in [-0.15, -0.1) is 0 Å². The minimum atomic E-state index is -3.93. The number of likely N-dealkylation sites (N-methyl/N-ethyl adjacent to an activating group) is 1. The van der Waals surface area contributed by atoms with E-state index in [0.717, 1.165) is 0 Å². The lowest BCUT2D eigenvalue weighted by Crippen LogP contribution is -2.24. The maximum atomic E-state index is 13.4. The van der Waals surface area contributed by atoms with Gasteiger partial charge in [0.25, 0.3) is 5.91 Å². The molecule has 0 bridgehead atoms. The molecule has 0 saturated carbocycles. The van der Waals surface area contributed by atoms with Gasteiger partial charge < -0.3 is 10.6 Å². The van der Waals surface area contributed by atoms with Crippen molar-refractivity contribution >= 4 is 27.1 Å². The van der Waals surface area contributed by atoms with Gasteiger partial charge in [0.15, 0.2) is 4.91 Å². The molecule has 7 heteroatoms. The average molecular weight is 332 g/mol. The summed E-state index contributed by atoms with van der Waals surface area (Å²) in [5.74, 6) is -1.19. The summed E-state index contributed by atoms with van der Waals surface area (Å²) in [7, 11) is -2.57. The minimum absolute atomic E-state index is 0.0532. The molecule has 0 aliphatic carbocycles. The largest absolute Gasteiger partial charge is 0.354 e. The molecule has 0 atom stereocenters. The highest BCUT2D eigenvalue weighted by Gasteiger charge is 2.39. The lowest BCUT2D eigenvalue weighted by Gasteiger charge is -2.10. The van der Waals surface area contributed by atoms with Crippen molar-refractivity contribution in [1.29, 1.82) is 0 Å². The number of benzene rings is 2. The van der Waals surface area contributed by atoms with E-state index in [1.165, 1.54) is 31.3 Å². The van der Waals surface area contributed by atoms with Gasteiger partial charge in [-0.1, -0.05) is 24.3 Å². The summed E-state index contributed by atoms with van der Waals surface area (Å²) in [5, 5.41) is 5.19. The Kier molecular flexibility index (Phi) is 3.65. The fourth-order valence-corrected chi connectivity index (χ4v) is 4.17. The average Bonchev–Trinajstić information content (AvgIpc) is 2.75. The van der Waals surface area contributed by atoms with Crippen LogP contribution in [0.5, 0.6) is 0 Å². The smallest absolute Gasteiger partial charge is 0.265 e. The summed E-state index contributed by atoms with van der Waals surface area (Å²) in [6, 6.07) is 11.9. The van der Waals surface area contributed by atoms with Crippen LogP contribution in [0.25, 0.3) is 5.70 Å². The Morgan fingerprint density at radius 1 is 1.09 bits per heavy atom. The second kappa shape index (κ2) is 5.51. The van der Waals surface area contributed by atoms with Gasteiger partial charge in [0.2, 0.25) is 9.84 Å². The predicted molar refractivity (Wildman–Crippen MR) is 84.6 cm³/mol. The third-order valence-corrected chi connectivity index (χ3v) is 5.33.